The second-order valence-corrected chi connectivity index (χ2v) is 5.83. The molecular formula is C16H23N3O2. The summed E-state index contributed by atoms with van der Waals surface area (Å²) >= 11 is 0. The summed E-state index contributed by atoms with van der Waals surface area (Å²) in [5, 5.41) is 14.6. The van der Waals surface area contributed by atoms with E-state index < -0.39 is 11.9 Å². The molecule has 0 bridgehead atoms. The Hall–Kier alpha value is -1.91. The second-order valence-electron chi connectivity index (χ2n) is 5.83. The lowest BCUT2D eigenvalue weighted by molar-refractivity contribution is -0.141. The Kier molecular flexibility index (Phi) is 4.30. The van der Waals surface area contributed by atoms with Gasteiger partial charge in [0.2, 0.25) is 0 Å². The molecular weight excluding hydrogens is 266 g/mol. The summed E-state index contributed by atoms with van der Waals surface area (Å²) in [6, 6.07) is 0.303. The Balaban J connectivity index is 2.54. The van der Waals surface area contributed by atoms with E-state index in [-0.39, 0.29) is 0 Å². The number of hydrogen-bond donors (Lipinski definition) is 1. The van der Waals surface area contributed by atoms with Gasteiger partial charge in [-0.15, -0.1) is 0 Å². The van der Waals surface area contributed by atoms with Gasteiger partial charge in [-0.05, 0) is 44.7 Å². The number of rotatable bonds is 5. The van der Waals surface area contributed by atoms with Crippen LogP contribution in [0, 0.1) is 19.8 Å². The molecule has 0 fully saturated rings. The zero-order chi connectivity index (χ0) is 15.7. The molecule has 2 aromatic rings. The highest BCUT2D eigenvalue weighted by atomic mass is 16.4. The van der Waals surface area contributed by atoms with Crippen LogP contribution >= 0.6 is 0 Å². The van der Waals surface area contributed by atoms with Crippen molar-refractivity contribution in [1.82, 2.24) is 14.8 Å². The van der Waals surface area contributed by atoms with Crippen molar-refractivity contribution in [2.75, 3.05) is 0 Å². The fourth-order valence-electron chi connectivity index (χ4n) is 2.58. The average molecular weight is 289 g/mol. The molecule has 2 unspecified atom stereocenters. The van der Waals surface area contributed by atoms with Gasteiger partial charge in [0.05, 0.1) is 18.2 Å². The first-order valence-corrected chi connectivity index (χ1v) is 7.42. The number of carbonyl (C=O) groups is 1. The van der Waals surface area contributed by atoms with Gasteiger partial charge in [-0.1, -0.05) is 13.8 Å². The number of aryl methyl sites for hydroxylation is 2. The van der Waals surface area contributed by atoms with E-state index in [0.29, 0.717) is 12.5 Å². The van der Waals surface area contributed by atoms with Crippen molar-refractivity contribution < 1.29 is 9.90 Å². The number of aliphatic carboxylic acids is 1. The van der Waals surface area contributed by atoms with Gasteiger partial charge in [0.25, 0.3) is 0 Å². The Morgan fingerprint density at radius 3 is 2.62 bits per heavy atom. The molecule has 5 nitrogen and oxygen atoms in total. The molecule has 2 aromatic heterocycles. The van der Waals surface area contributed by atoms with Crippen LogP contribution in [0.5, 0.6) is 0 Å². The molecule has 5 heteroatoms. The zero-order valence-electron chi connectivity index (χ0n) is 13.3. The highest BCUT2D eigenvalue weighted by Crippen LogP contribution is 2.26. The van der Waals surface area contributed by atoms with E-state index in [4.69, 9.17) is 5.11 Å². The maximum Gasteiger partial charge on any atom is 0.306 e. The molecule has 114 valence electrons. The van der Waals surface area contributed by atoms with Crippen LogP contribution in [0.15, 0.2) is 6.20 Å². The maximum absolute atomic E-state index is 11.1. The number of pyridine rings is 1. The molecule has 0 saturated carbocycles. The molecule has 0 aliphatic carbocycles. The lowest BCUT2D eigenvalue weighted by Gasteiger charge is -2.15. The fraction of sp³-hybridized carbons (Fsp3) is 0.562. The largest absolute Gasteiger partial charge is 0.481 e. The standard InChI is InChI=1S/C16H23N3O2/c1-6-10(3)19-15-14(8-17-19)11(4)13(12(5)18-15)7-9(2)16(20)21/h8-10H,6-7H2,1-5H3,(H,20,21). The quantitative estimate of drug-likeness (QED) is 0.917. The van der Waals surface area contributed by atoms with Crippen molar-refractivity contribution in [3.8, 4) is 0 Å². The number of fused-ring (bicyclic) bond motifs is 1. The van der Waals surface area contributed by atoms with E-state index in [1.165, 1.54) is 0 Å². The van der Waals surface area contributed by atoms with Crippen LogP contribution in [0.2, 0.25) is 0 Å². The molecule has 0 aromatic carbocycles. The predicted molar refractivity (Wildman–Crippen MR) is 82.5 cm³/mol. The Labute approximate surface area is 125 Å². The van der Waals surface area contributed by atoms with Crippen LogP contribution in [0.4, 0.5) is 0 Å². The minimum absolute atomic E-state index is 0.303. The Morgan fingerprint density at radius 2 is 2.05 bits per heavy atom. The number of carboxylic acids is 1. The summed E-state index contributed by atoms with van der Waals surface area (Å²) in [7, 11) is 0. The summed E-state index contributed by atoms with van der Waals surface area (Å²) in [6.07, 6.45) is 3.34. The minimum Gasteiger partial charge on any atom is -0.481 e. The molecule has 0 radical (unpaired) electrons. The van der Waals surface area contributed by atoms with Crippen molar-refractivity contribution in [1.29, 1.82) is 0 Å². The molecule has 0 amide bonds. The third kappa shape index (κ3) is 2.77. The summed E-state index contributed by atoms with van der Waals surface area (Å²) in [5.41, 5.74) is 3.92. The summed E-state index contributed by atoms with van der Waals surface area (Å²) < 4.78 is 1.96. The first-order chi connectivity index (χ1) is 9.86. The van der Waals surface area contributed by atoms with E-state index in [1.807, 2.05) is 24.7 Å². The first-order valence-electron chi connectivity index (χ1n) is 7.42. The van der Waals surface area contributed by atoms with Gasteiger partial charge in [0.1, 0.15) is 0 Å². The molecule has 0 saturated heterocycles. The van der Waals surface area contributed by atoms with Crippen molar-refractivity contribution in [2.45, 2.75) is 53.5 Å². The van der Waals surface area contributed by atoms with Crippen LogP contribution in [-0.2, 0) is 11.2 Å². The van der Waals surface area contributed by atoms with Crippen LogP contribution < -0.4 is 0 Å². The number of hydrogen-bond acceptors (Lipinski definition) is 3. The number of aromatic nitrogens is 3. The fourth-order valence-corrected chi connectivity index (χ4v) is 2.58. The van der Waals surface area contributed by atoms with Gasteiger partial charge in [0, 0.05) is 11.1 Å². The number of carboxylic acid groups (broad SMARTS) is 1. The van der Waals surface area contributed by atoms with E-state index in [9.17, 15) is 4.79 Å². The SMILES string of the molecule is CCC(C)n1ncc2c(C)c(CC(C)C(=O)O)c(C)nc21. The van der Waals surface area contributed by atoms with Crippen molar-refractivity contribution >= 4 is 17.0 Å². The van der Waals surface area contributed by atoms with Crippen LogP contribution in [0.25, 0.3) is 11.0 Å². The normalized spacial score (nSPS) is 14.3. The van der Waals surface area contributed by atoms with Crippen LogP contribution in [-0.4, -0.2) is 25.8 Å². The molecule has 0 aliphatic heterocycles. The second kappa shape index (κ2) is 5.84. The molecule has 2 rings (SSSR count). The molecule has 0 aliphatic rings. The van der Waals surface area contributed by atoms with Crippen molar-refractivity contribution in [3.63, 3.8) is 0 Å². The zero-order valence-corrected chi connectivity index (χ0v) is 13.3. The summed E-state index contributed by atoms with van der Waals surface area (Å²) in [4.78, 5) is 15.8. The van der Waals surface area contributed by atoms with Gasteiger partial charge < -0.3 is 5.11 Å². The first kappa shape index (κ1) is 15.5. The van der Waals surface area contributed by atoms with E-state index in [0.717, 1.165) is 34.3 Å². The topological polar surface area (TPSA) is 68.0 Å². The van der Waals surface area contributed by atoms with Crippen LogP contribution in [0.3, 0.4) is 0 Å². The van der Waals surface area contributed by atoms with Gasteiger partial charge >= 0.3 is 5.97 Å². The van der Waals surface area contributed by atoms with Gasteiger partial charge in [-0.2, -0.15) is 5.10 Å². The van der Waals surface area contributed by atoms with E-state index in [2.05, 4.69) is 23.9 Å². The molecule has 0 spiro atoms. The average Bonchev–Trinajstić information content (AvgIpc) is 2.85. The smallest absolute Gasteiger partial charge is 0.306 e. The monoisotopic (exact) mass is 289 g/mol. The van der Waals surface area contributed by atoms with Gasteiger partial charge in [-0.25, -0.2) is 9.67 Å². The van der Waals surface area contributed by atoms with Gasteiger partial charge in [-0.3, -0.25) is 4.79 Å². The third-order valence-corrected chi connectivity index (χ3v) is 4.28. The van der Waals surface area contributed by atoms with E-state index in [1.54, 1.807) is 6.92 Å². The molecule has 1 N–H and O–H groups in total. The lowest BCUT2D eigenvalue weighted by Crippen LogP contribution is -2.15. The van der Waals surface area contributed by atoms with Crippen molar-refractivity contribution in [2.24, 2.45) is 5.92 Å². The Bertz CT molecular complexity index is 676. The Morgan fingerprint density at radius 1 is 1.38 bits per heavy atom. The lowest BCUT2D eigenvalue weighted by atomic mass is 9.95. The highest BCUT2D eigenvalue weighted by Gasteiger charge is 2.19. The maximum atomic E-state index is 11.1. The molecule has 21 heavy (non-hydrogen) atoms. The van der Waals surface area contributed by atoms with Crippen LogP contribution in [0.1, 0.15) is 50.1 Å². The van der Waals surface area contributed by atoms with E-state index >= 15 is 0 Å². The van der Waals surface area contributed by atoms with Gasteiger partial charge in [0.15, 0.2) is 5.65 Å². The predicted octanol–water partition coefficient (Wildman–Crippen LogP) is 3.28. The van der Waals surface area contributed by atoms with Crippen molar-refractivity contribution in [3.05, 3.63) is 23.0 Å². The molecule has 2 heterocycles. The summed E-state index contributed by atoms with van der Waals surface area (Å²) in [5.74, 6) is -1.18. The molecule has 2 atom stereocenters. The third-order valence-electron chi connectivity index (χ3n) is 4.28. The number of nitrogens with zero attached hydrogens (tertiary/aromatic N) is 3. The highest BCUT2D eigenvalue weighted by molar-refractivity contribution is 5.80. The minimum atomic E-state index is -0.774. The summed E-state index contributed by atoms with van der Waals surface area (Å²) in [6.45, 7) is 9.96.